The second-order valence-electron chi connectivity index (χ2n) is 6.30. The molecular formula is C23H20N4. The van der Waals surface area contributed by atoms with Crippen LogP contribution in [0.1, 0.15) is 18.5 Å². The van der Waals surface area contributed by atoms with Gasteiger partial charge in [0.1, 0.15) is 0 Å². The molecule has 1 atom stereocenters. The van der Waals surface area contributed by atoms with Crippen LogP contribution in [-0.2, 0) is 0 Å². The van der Waals surface area contributed by atoms with Crippen molar-refractivity contribution in [3.05, 3.63) is 103 Å². The van der Waals surface area contributed by atoms with Crippen molar-refractivity contribution in [3.8, 4) is 11.1 Å². The highest BCUT2D eigenvalue weighted by Gasteiger charge is 2.21. The number of nitrogens with zero attached hydrogens (tertiary/aromatic N) is 4. The summed E-state index contributed by atoms with van der Waals surface area (Å²) in [6, 6.07) is 20.7. The molecule has 3 heterocycles. The number of anilines is 2. The molecule has 0 aliphatic heterocycles. The molecule has 132 valence electrons. The molecule has 0 amide bonds. The molecule has 1 aromatic carbocycles. The largest absolute Gasteiger partial charge is 0.332 e. The third kappa shape index (κ3) is 3.55. The Kier molecular flexibility index (Phi) is 4.88. The van der Waals surface area contributed by atoms with Gasteiger partial charge in [0.25, 0.3) is 0 Å². The summed E-state index contributed by atoms with van der Waals surface area (Å²) in [6.45, 7) is 2.20. The molecule has 4 aromatic rings. The van der Waals surface area contributed by atoms with Crippen molar-refractivity contribution < 1.29 is 0 Å². The minimum absolute atomic E-state index is 0.0785. The van der Waals surface area contributed by atoms with E-state index < -0.39 is 0 Å². The zero-order valence-electron chi connectivity index (χ0n) is 15.1. The van der Waals surface area contributed by atoms with Crippen LogP contribution in [0.3, 0.4) is 0 Å². The number of pyridine rings is 3. The van der Waals surface area contributed by atoms with Crippen LogP contribution in [0.2, 0.25) is 0 Å². The predicted octanol–water partition coefficient (Wildman–Crippen LogP) is 5.44. The minimum atomic E-state index is 0.0785. The summed E-state index contributed by atoms with van der Waals surface area (Å²) in [5.41, 5.74) is 5.56. The van der Waals surface area contributed by atoms with Gasteiger partial charge in [-0.1, -0.05) is 30.3 Å². The molecule has 1 unspecified atom stereocenters. The lowest BCUT2D eigenvalue weighted by atomic mass is 9.95. The summed E-state index contributed by atoms with van der Waals surface area (Å²) in [6.07, 6.45) is 11.1. The van der Waals surface area contributed by atoms with Crippen LogP contribution in [-0.4, -0.2) is 15.0 Å². The second kappa shape index (κ2) is 7.79. The van der Waals surface area contributed by atoms with Crippen LogP contribution in [0.4, 0.5) is 11.4 Å². The normalized spacial score (nSPS) is 11.7. The fourth-order valence-electron chi connectivity index (χ4n) is 3.37. The fraction of sp³-hybridized carbons (Fsp3) is 0.0870. The Morgan fingerprint density at radius 2 is 1.26 bits per heavy atom. The molecule has 27 heavy (non-hydrogen) atoms. The molecule has 0 aliphatic rings. The first-order chi connectivity index (χ1) is 13.3. The Bertz CT molecular complexity index is 949. The number of aromatic nitrogens is 3. The smallest absolute Gasteiger partial charge is 0.0603 e. The van der Waals surface area contributed by atoms with Crippen LogP contribution >= 0.6 is 0 Å². The molecule has 0 bridgehead atoms. The molecule has 4 nitrogen and oxygen atoms in total. The fourth-order valence-corrected chi connectivity index (χ4v) is 3.37. The molecule has 0 aliphatic carbocycles. The summed E-state index contributed by atoms with van der Waals surface area (Å²) in [4.78, 5) is 15.2. The van der Waals surface area contributed by atoms with E-state index in [-0.39, 0.29) is 6.04 Å². The molecule has 0 fully saturated rings. The Balaban J connectivity index is 1.83. The maximum absolute atomic E-state index is 4.32. The zero-order valence-corrected chi connectivity index (χ0v) is 15.1. The molecule has 3 aromatic heterocycles. The van der Waals surface area contributed by atoms with E-state index in [0.29, 0.717) is 0 Å². The molecule has 0 saturated heterocycles. The van der Waals surface area contributed by atoms with Gasteiger partial charge in [0.15, 0.2) is 0 Å². The van der Waals surface area contributed by atoms with Crippen LogP contribution in [0.25, 0.3) is 11.1 Å². The molecule has 4 rings (SSSR count). The van der Waals surface area contributed by atoms with Crippen molar-refractivity contribution in [2.75, 3.05) is 4.90 Å². The average Bonchev–Trinajstić information content (AvgIpc) is 2.76. The SMILES string of the molecule is CC(c1ccccc1-c1cccnc1)N(c1cccnc1)c1cccnc1. The number of rotatable bonds is 5. The van der Waals surface area contributed by atoms with Gasteiger partial charge in [0, 0.05) is 30.4 Å². The van der Waals surface area contributed by atoms with E-state index in [9.17, 15) is 0 Å². The summed E-state index contributed by atoms with van der Waals surface area (Å²) in [5.74, 6) is 0. The number of benzene rings is 1. The van der Waals surface area contributed by atoms with E-state index >= 15 is 0 Å². The summed E-state index contributed by atoms with van der Waals surface area (Å²) >= 11 is 0. The molecule has 0 N–H and O–H groups in total. The highest BCUT2D eigenvalue weighted by atomic mass is 15.2. The number of hydrogen-bond acceptors (Lipinski definition) is 4. The van der Waals surface area contributed by atoms with E-state index in [1.165, 1.54) is 11.1 Å². The first kappa shape index (κ1) is 16.9. The van der Waals surface area contributed by atoms with E-state index in [2.05, 4.69) is 69.2 Å². The summed E-state index contributed by atoms with van der Waals surface area (Å²) in [5, 5.41) is 0. The topological polar surface area (TPSA) is 41.9 Å². The number of hydrogen-bond donors (Lipinski definition) is 0. The highest BCUT2D eigenvalue weighted by molar-refractivity contribution is 5.70. The maximum atomic E-state index is 4.32. The van der Waals surface area contributed by atoms with Gasteiger partial charge in [0.05, 0.1) is 29.8 Å². The Labute approximate surface area is 159 Å². The van der Waals surface area contributed by atoms with E-state index in [1.54, 1.807) is 18.6 Å². The van der Waals surface area contributed by atoms with Gasteiger partial charge in [0.2, 0.25) is 0 Å². The van der Waals surface area contributed by atoms with Crippen molar-refractivity contribution in [3.63, 3.8) is 0 Å². The first-order valence-corrected chi connectivity index (χ1v) is 8.93. The monoisotopic (exact) mass is 352 g/mol. The van der Waals surface area contributed by atoms with E-state index in [0.717, 1.165) is 16.9 Å². The zero-order chi connectivity index (χ0) is 18.5. The average molecular weight is 352 g/mol. The molecular weight excluding hydrogens is 332 g/mol. The van der Waals surface area contributed by atoms with Crippen molar-refractivity contribution in [1.82, 2.24) is 15.0 Å². The Morgan fingerprint density at radius 1 is 0.667 bits per heavy atom. The lowest BCUT2D eigenvalue weighted by molar-refractivity contribution is 0.772. The summed E-state index contributed by atoms with van der Waals surface area (Å²) < 4.78 is 0. The molecule has 0 spiro atoms. The van der Waals surface area contributed by atoms with Gasteiger partial charge in [-0.3, -0.25) is 15.0 Å². The first-order valence-electron chi connectivity index (χ1n) is 8.93. The molecule has 0 radical (unpaired) electrons. The quantitative estimate of drug-likeness (QED) is 0.480. The van der Waals surface area contributed by atoms with Gasteiger partial charge in [-0.15, -0.1) is 0 Å². The highest BCUT2D eigenvalue weighted by Crippen LogP contribution is 2.37. The van der Waals surface area contributed by atoms with E-state index in [4.69, 9.17) is 0 Å². The van der Waals surface area contributed by atoms with Crippen LogP contribution in [0.5, 0.6) is 0 Å². The minimum Gasteiger partial charge on any atom is -0.332 e. The van der Waals surface area contributed by atoms with Gasteiger partial charge < -0.3 is 4.90 Å². The Hall–Kier alpha value is -3.53. The second-order valence-corrected chi connectivity index (χ2v) is 6.30. The molecule has 0 saturated carbocycles. The van der Waals surface area contributed by atoms with Crippen molar-refractivity contribution >= 4 is 11.4 Å². The van der Waals surface area contributed by atoms with Crippen molar-refractivity contribution in [1.29, 1.82) is 0 Å². The van der Waals surface area contributed by atoms with Crippen molar-refractivity contribution in [2.45, 2.75) is 13.0 Å². The standard InChI is InChI=1S/C23H20N4/c1-18(22-10-2-3-11-23(22)19-7-4-12-24-15-19)27(20-8-5-13-25-16-20)21-9-6-14-26-17-21/h2-18H,1H3. The predicted molar refractivity (Wildman–Crippen MR) is 109 cm³/mol. The van der Waals surface area contributed by atoms with Gasteiger partial charge in [-0.2, -0.15) is 0 Å². The van der Waals surface area contributed by atoms with Gasteiger partial charge >= 0.3 is 0 Å². The van der Waals surface area contributed by atoms with Gasteiger partial charge in [-0.25, -0.2) is 0 Å². The molecule has 4 heteroatoms. The summed E-state index contributed by atoms with van der Waals surface area (Å²) in [7, 11) is 0. The van der Waals surface area contributed by atoms with Gasteiger partial charge in [-0.05, 0) is 48.4 Å². The van der Waals surface area contributed by atoms with Crippen LogP contribution in [0.15, 0.2) is 97.8 Å². The third-order valence-corrected chi connectivity index (χ3v) is 4.62. The Morgan fingerprint density at radius 3 is 1.81 bits per heavy atom. The van der Waals surface area contributed by atoms with Crippen LogP contribution < -0.4 is 4.90 Å². The maximum Gasteiger partial charge on any atom is 0.0603 e. The lowest BCUT2D eigenvalue weighted by Gasteiger charge is -2.32. The lowest BCUT2D eigenvalue weighted by Crippen LogP contribution is -2.22. The van der Waals surface area contributed by atoms with Crippen LogP contribution in [0, 0.1) is 0 Å². The van der Waals surface area contributed by atoms with Crippen molar-refractivity contribution in [2.24, 2.45) is 0 Å². The van der Waals surface area contributed by atoms with E-state index in [1.807, 2.05) is 36.8 Å². The third-order valence-electron chi connectivity index (χ3n) is 4.62.